The number of amides is 2. The first kappa shape index (κ1) is 19.9. The Kier molecular flexibility index (Phi) is 6.31. The molecule has 0 unspecified atom stereocenters. The van der Waals surface area contributed by atoms with Crippen molar-refractivity contribution in [3.05, 3.63) is 58.7 Å². The summed E-state index contributed by atoms with van der Waals surface area (Å²) in [6.07, 6.45) is 5.21. The lowest BCUT2D eigenvalue weighted by Gasteiger charge is -2.06. The van der Waals surface area contributed by atoms with Crippen LogP contribution in [0.1, 0.15) is 34.8 Å². The van der Waals surface area contributed by atoms with Crippen molar-refractivity contribution in [1.29, 1.82) is 0 Å². The van der Waals surface area contributed by atoms with E-state index in [1.165, 1.54) is 33.1 Å². The van der Waals surface area contributed by atoms with E-state index in [4.69, 9.17) is 7.98 Å². The molecule has 0 saturated carbocycles. The number of benzene rings is 1. The van der Waals surface area contributed by atoms with Gasteiger partial charge in [0.15, 0.2) is 5.13 Å². The molecule has 0 spiro atoms. The van der Waals surface area contributed by atoms with Crippen LogP contribution in [0.25, 0.3) is 11.3 Å². The van der Waals surface area contributed by atoms with Crippen molar-refractivity contribution in [1.82, 2.24) is 14.8 Å². The van der Waals surface area contributed by atoms with E-state index in [9.17, 15) is 9.59 Å². The molecule has 2 amide bonds. The zero-order valence-corrected chi connectivity index (χ0v) is 16.7. The van der Waals surface area contributed by atoms with Crippen molar-refractivity contribution in [2.75, 3.05) is 11.9 Å². The number of hydrogen-bond donors (Lipinski definition) is 2. The molecule has 1 aromatic carbocycles. The normalized spacial score (nSPS) is 10.6. The number of carbonyl (C=O) groups excluding carboxylic acids is 2. The number of nitrogens with zero attached hydrogens (tertiary/aromatic N) is 2. The molecule has 142 valence electrons. The largest absolute Gasteiger partial charge is 0.409 e. The molecular weight excluding hydrogens is 371 g/mol. The molecular formula is C20H21BN4O2S. The van der Waals surface area contributed by atoms with E-state index in [1.807, 2.05) is 5.38 Å². The summed E-state index contributed by atoms with van der Waals surface area (Å²) in [6.45, 7) is 4.12. The Balaban J connectivity index is 1.57. The fourth-order valence-corrected chi connectivity index (χ4v) is 3.58. The molecule has 3 aromatic rings. The molecule has 0 aliphatic carbocycles. The molecule has 0 fully saturated rings. The monoisotopic (exact) mass is 392 g/mol. The first-order valence-corrected chi connectivity index (χ1v) is 9.90. The van der Waals surface area contributed by atoms with Gasteiger partial charge >= 0.3 is 0 Å². The number of carbonyl (C=O) groups is 2. The highest BCUT2D eigenvalue weighted by molar-refractivity contribution is 7.14. The van der Waals surface area contributed by atoms with Crippen LogP contribution in [-0.2, 0) is 11.2 Å². The van der Waals surface area contributed by atoms with Gasteiger partial charge in [0.05, 0.1) is 17.8 Å². The third kappa shape index (κ3) is 4.89. The van der Waals surface area contributed by atoms with Crippen LogP contribution in [0.4, 0.5) is 5.13 Å². The third-order valence-electron chi connectivity index (χ3n) is 4.29. The number of anilines is 1. The third-order valence-corrected chi connectivity index (χ3v) is 5.05. The highest BCUT2D eigenvalue weighted by Crippen LogP contribution is 2.26. The van der Waals surface area contributed by atoms with E-state index in [0.717, 1.165) is 24.1 Å². The summed E-state index contributed by atoms with van der Waals surface area (Å²) in [5, 5.41) is 7.67. The maximum absolute atomic E-state index is 12.1. The molecule has 2 heterocycles. The molecule has 0 aliphatic heterocycles. The van der Waals surface area contributed by atoms with E-state index >= 15 is 0 Å². The molecule has 2 aromatic heterocycles. The number of nitrogens with one attached hydrogen (secondary N) is 2. The van der Waals surface area contributed by atoms with Gasteiger partial charge in [0, 0.05) is 17.1 Å². The molecule has 0 saturated heterocycles. The number of aryl methyl sites for hydroxylation is 2. The Bertz CT molecular complexity index is 996. The van der Waals surface area contributed by atoms with Crippen LogP contribution in [-0.4, -0.2) is 35.8 Å². The predicted molar refractivity (Wildman–Crippen MR) is 113 cm³/mol. The minimum Gasteiger partial charge on any atom is -0.409 e. The molecule has 8 heteroatoms. The Labute approximate surface area is 169 Å². The van der Waals surface area contributed by atoms with Gasteiger partial charge in [-0.15, -0.1) is 11.3 Å². The number of aromatic nitrogens is 2. The van der Waals surface area contributed by atoms with E-state index in [-0.39, 0.29) is 18.4 Å². The first-order chi connectivity index (χ1) is 13.5. The van der Waals surface area contributed by atoms with Gasteiger partial charge in [-0.1, -0.05) is 25.5 Å². The zero-order chi connectivity index (χ0) is 20.1. The SMILES string of the molecule is [B]n1ccc(C(=O)NCC(=O)Nc2nc(-c3ccc(CCC)c(C)c3)cs2)c1. The van der Waals surface area contributed by atoms with Gasteiger partial charge in [0.1, 0.15) is 0 Å². The van der Waals surface area contributed by atoms with E-state index in [0.29, 0.717) is 10.7 Å². The van der Waals surface area contributed by atoms with E-state index in [1.54, 1.807) is 12.3 Å². The lowest BCUT2D eigenvalue weighted by Crippen LogP contribution is -2.32. The van der Waals surface area contributed by atoms with Gasteiger partial charge in [-0.2, -0.15) is 0 Å². The summed E-state index contributed by atoms with van der Waals surface area (Å²) in [5.41, 5.74) is 4.82. The van der Waals surface area contributed by atoms with Gasteiger partial charge in [-0.05, 0) is 42.8 Å². The summed E-state index contributed by atoms with van der Waals surface area (Å²) in [5.74, 6) is -0.697. The Hall–Kier alpha value is -2.87. The summed E-state index contributed by atoms with van der Waals surface area (Å²) in [4.78, 5) is 28.5. The molecule has 0 atom stereocenters. The second kappa shape index (κ2) is 8.88. The van der Waals surface area contributed by atoms with Crippen molar-refractivity contribution in [3.63, 3.8) is 0 Å². The molecule has 2 N–H and O–H groups in total. The van der Waals surface area contributed by atoms with Crippen LogP contribution < -0.4 is 10.6 Å². The molecule has 0 aliphatic rings. The molecule has 28 heavy (non-hydrogen) atoms. The summed E-state index contributed by atoms with van der Waals surface area (Å²) in [7, 11) is 5.51. The van der Waals surface area contributed by atoms with Gasteiger partial charge in [0.25, 0.3) is 5.91 Å². The van der Waals surface area contributed by atoms with Gasteiger partial charge in [-0.25, -0.2) is 4.98 Å². The van der Waals surface area contributed by atoms with Crippen molar-refractivity contribution in [3.8, 4) is 11.3 Å². The van der Waals surface area contributed by atoms with Crippen LogP contribution in [0.3, 0.4) is 0 Å². The predicted octanol–water partition coefficient (Wildman–Crippen LogP) is 3.17. The number of rotatable bonds is 7. The second-order valence-corrected chi connectivity index (χ2v) is 7.37. The molecule has 0 bridgehead atoms. The summed E-state index contributed by atoms with van der Waals surface area (Å²) in [6, 6.07) is 7.89. The van der Waals surface area contributed by atoms with Crippen LogP contribution in [0.15, 0.2) is 42.0 Å². The highest BCUT2D eigenvalue weighted by Gasteiger charge is 2.12. The minimum absolute atomic E-state index is 0.145. The maximum atomic E-state index is 12.1. The quantitative estimate of drug-likeness (QED) is 0.607. The molecule has 2 radical (unpaired) electrons. The van der Waals surface area contributed by atoms with Gasteiger partial charge in [-0.3, -0.25) is 9.59 Å². The summed E-state index contributed by atoms with van der Waals surface area (Å²) >= 11 is 1.35. The highest BCUT2D eigenvalue weighted by atomic mass is 32.1. The number of hydrogen-bond acceptors (Lipinski definition) is 4. The van der Waals surface area contributed by atoms with Crippen LogP contribution in [0, 0.1) is 6.92 Å². The van der Waals surface area contributed by atoms with E-state index in [2.05, 4.69) is 47.7 Å². The summed E-state index contributed by atoms with van der Waals surface area (Å²) < 4.78 is 1.28. The average Bonchev–Trinajstić information content (AvgIpc) is 3.31. The van der Waals surface area contributed by atoms with Crippen molar-refractivity contribution in [2.45, 2.75) is 26.7 Å². The van der Waals surface area contributed by atoms with Crippen molar-refractivity contribution < 1.29 is 9.59 Å². The Morgan fingerprint density at radius 3 is 2.79 bits per heavy atom. The zero-order valence-electron chi connectivity index (χ0n) is 15.9. The smallest absolute Gasteiger partial charge is 0.253 e. The van der Waals surface area contributed by atoms with Crippen molar-refractivity contribution in [2.24, 2.45) is 0 Å². The van der Waals surface area contributed by atoms with Gasteiger partial charge < -0.3 is 15.1 Å². The minimum atomic E-state index is -0.359. The lowest BCUT2D eigenvalue weighted by molar-refractivity contribution is -0.115. The number of thiazole rings is 1. The Morgan fingerprint density at radius 2 is 2.11 bits per heavy atom. The lowest BCUT2D eigenvalue weighted by atomic mass is 10.0. The standard InChI is InChI=1S/C20H21BN4O2S/c1-3-4-14-5-6-15(9-13(14)2)17-12-28-20(23-17)24-18(26)10-22-19(27)16-7-8-25(21)11-16/h5-9,11-12H,3-4,10H2,1-2H3,(H,22,27)(H,23,24,26). The maximum Gasteiger partial charge on any atom is 0.253 e. The van der Waals surface area contributed by atoms with Crippen LogP contribution in [0.5, 0.6) is 0 Å². The Morgan fingerprint density at radius 1 is 1.29 bits per heavy atom. The molecule has 3 rings (SSSR count). The fourth-order valence-electron chi connectivity index (χ4n) is 2.84. The second-order valence-electron chi connectivity index (χ2n) is 6.51. The first-order valence-electron chi connectivity index (χ1n) is 9.03. The van der Waals surface area contributed by atoms with Gasteiger partial charge in [0.2, 0.25) is 13.9 Å². The van der Waals surface area contributed by atoms with Crippen LogP contribution >= 0.6 is 11.3 Å². The van der Waals surface area contributed by atoms with Crippen molar-refractivity contribution >= 4 is 36.3 Å². The van der Waals surface area contributed by atoms with E-state index < -0.39 is 0 Å². The van der Waals surface area contributed by atoms with Crippen LogP contribution in [0.2, 0.25) is 0 Å². The molecule has 6 nitrogen and oxygen atoms in total. The topological polar surface area (TPSA) is 76.0 Å². The average molecular weight is 392 g/mol. The fraction of sp³-hybridized carbons (Fsp3) is 0.250.